The minimum absolute atomic E-state index is 0.0469. The molecule has 8 rings (SSSR count). The van der Waals surface area contributed by atoms with Gasteiger partial charge in [0.25, 0.3) is 0 Å². The molecular weight excluding hydrogens is 821 g/mol. The van der Waals surface area contributed by atoms with Crippen molar-refractivity contribution in [1.29, 1.82) is 0 Å². The fraction of sp³-hybridized carbons (Fsp3) is 0.196. The lowest BCUT2D eigenvalue weighted by molar-refractivity contribution is -0.141. The number of hydrogen-bond acceptors (Lipinski definition) is 7. The zero-order valence-corrected chi connectivity index (χ0v) is 33.7. The second kappa shape index (κ2) is 16.5. The van der Waals surface area contributed by atoms with E-state index >= 15 is 0 Å². The van der Waals surface area contributed by atoms with E-state index in [-0.39, 0.29) is 25.4 Å². The number of alkyl halides is 3. The van der Waals surface area contributed by atoms with E-state index < -0.39 is 29.1 Å². The number of carbonyl (C=O) groups excluding carboxylic acids is 1. The number of benzene rings is 5. The Morgan fingerprint density at radius 1 is 0.797 bits per heavy atom. The van der Waals surface area contributed by atoms with Crippen molar-refractivity contribution in [1.82, 2.24) is 29.8 Å². The van der Waals surface area contributed by atoms with Crippen LogP contribution < -0.4 is 0 Å². The van der Waals surface area contributed by atoms with Crippen LogP contribution in [0.4, 0.5) is 13.2 Å². The molecule has 0 N–H and O–H groups in total. The summed E-state index contributed by atoms with van der Waals surface area (Å²) < 4.78 is 56.3. The highest BCUT2D eigenvalue weighted by atomic mass is 79.9. The largest absolute Gasteiger partial charge is 0.461 e. The highest BCUT2D eigenvalue weighted by Gasteiger charge is 2.43. The van der Waals surface area contributed by atoms with Gasteiger partial charge in [-0.05, 0) is 68.9 Å². The fourth-order valence-electron chi connectivity index (χ4n) is 7.59. The van der Waals surface area contributed by atoms with Crippen LogP contribution in [0.2, 0.25) is 0 Å². The summed E-state index contributed by atoms with van der Waals surface area (Å²) in [5, 5.41) is 15.2. The van der Waals surface area contributed by atoms with E-state index in [9.17, 15) is 18.0 Å². The number of nitrogens with zero attached hydrogens (tertiary/aromatic N) is 6. The highest BCUT2D eigenvalue weighted by molar-refractivity contribution is 9.10. The number of rotatable bonds is 13. The molecule has 0 bridgehead atoms. The maximum absolute atomic E-state index is 14.3. The molecule has 0 aliphatic carbocycles. The molecule has 0 aliphatic heterocycles. The molecule has 5 aromatic carbocycles. The van der Waals surface area contributed by atoms with Gasteiger partial charge in [0.1, 0.15) is 17.2 Å². The molecule has 8 aromatic rings. The van der Waals surface area contributed by atoms with Crippen molar-refractivity contribution >= 4 is 32.9 Å². The number of hydrogen-bond donors (Lipinski definition) is 0. The SMILES string of the molecule is CCCCc1nc(C(F)(F)F)c(C(=O)OCC)n1Cc1ccc2oc(-c3ccccc3-c3nnn(C(c4ccccc4)(c4ccccc4)c4ccccc4)n3)c(Br)c2c1. The summed E-state index contributed by atoms with van der Waals surface area (Å²) in [6.07, 6.45) is -3.25. The van der Waals surface area contributed by atoms with E-state index in [4.69, 9.17) is 19.5 Å². The van der Waals surface area contributed by atoms with E-state index in [1.54, 1.807) is 23.9 Å². The molecule has 13 heteroatoms. The Kier molecular flexibility index (Phi) is 11.0. The zero-order valence-electron chi connectivity index (χ0n) is 32.2. The van der Waals surface area contributed by atoms with Gasteiger partial charge >= 0.3 is 12.1 Å². The Morgan fingerprint density at radius 2 is 1.39 bits per heavy atom. The number of tetrazole rings is 1. The molecule has 298 valence electrons. The van der Waals surface area contributed by atoms with Gasteiger partial charge in [-0.2, -0.15) is 13.2 Å². The topological polar surface area (TPSA) is 101 Å². The first kappa shape index (κ1) is 39.5. The molecule has 0 saturated heterocycles. The number of carbonyl (C=O) groups is 1. The third-order valence-corrected chi connectivity index (χ3v) is 11.1. The molecule has 59 heavy (non-hydrogen) atoms. The summed E-state index contributed by atoms with van der Waals surface area (Å²) >= 11 is 3.78. The van der Waals surface area contributed by atoms with Gasteiger partial charge in [0, 0.05) is 29.5 Å². The zero-order chi connectivity index (χ0) is 41.1. The standard InChI is InChI=1S/C46H38BrF3N6O3/c1-3-5-25-38-51-42(46(48,49)50)40(44(57)58-4-2)55(38)29-30-26-27-37-36(28-30)39(47)41(59-37)34-23-15-16-24-35(34)43-52-54-56(53-43)45(31-17-9-6-10-18-31,32-19-11-7-12-20-32)33-21-13-8-14-22-33/h6-24,26-28H,3-5,25,29H2,1-2H3. The van der Waals surface area contributed by atoms with E-state index in [2.05, 4.69) is 62.4 Å². The van der Waals surface area contributed by atoms with Crippen molar-refractivity contribution in [3.05, 3.63) is 177 Å². The number of halogens is 4. The van der Waals surface area contributed by atoms with Crippen LogP contribution in [0.3, 0.4) is 0 Å². The number of unbranched alkanes of at least 4 members (excludes halogenated alkanes) is 1. The Bertz CT molecular complexity index is 2630. The van der Waals surface area contributed by atoms with Gasteiger partial charge in [-0.3, -0.25) is 0 Å². The van der Waals surface area contributed by atoms with E-state index in [0.717, 1.165) is 23.1 Å². The van der Waals surface area contributed by atoms with Crippen LogP contribution >= 0.6 is 15.9 Å². The van der Waals surface area contributed by atoms with E-state index in [1.807, 2.05) is 91.9 Å². The van der Waals surface area contributed by atoms with Gasteiger partial charge in [0.15, 0.2) is 16.9 Å². The molecule has 9 nitrogen and oxygen atoms in total. The minimum atomic E-state index is -4.85. The normalized spacial score (nSPS) is 12.0. The second-order valence-electron chi connectivity index (χ2n) is 14.0. The van der Waals surface area contributed by atoms with Crippen molar-refractivity contribution in [3.8, 4) is 22.7 Å². The summed E-state index contributed by atoms with van der Waals surface area (Å²) in [4.78, 5) is 18.6. The molecule has 3 heterocycles. The molecular formula is C46H38BrF3N6O3. The lowest BCUT2D eigenvalue weighted by atomic mass is 9.77. The molecule has 0 unspecified atom stereocenters. The molecule has 0 spiro atoms. The first-order chi connectivity index (χ1) is 28.6. The molecule has 3 aromatic heterocycles. The third kappa shape index (κ3) is 7.35. The Labute approximate surface area is 346 Å². The van der Waals surface area contributed by atoms with Crippen LogP contribution in [0.15, 0.2) is 142 Å². The number of aromatic nitrogens is 6. The summed E-state index contributed by atoms with van der Waals surface area (Å²) in [5.41, 5.74) is 2.55. The van der Waals surface area contributed by atoms with Gasteiger partial charge < -0.3 is 13.7 Å². The Morgan fingerprint density at radius 3 is 1.97 bits per heavy atom. The average Bonchev–Trinajstić information content (AvgIpc) is 3.98. The summed E-state index contributed by atoms with van der Waals surface area (Å²) in [6.45, 7) is 3.36. The number of fused-ring (bicyclic) bond motifs is 1. The monoisotopic (exact) mass is 858 g/mol. The molecule has 0 radical (unpaired) electrons. The van der Waals surface area contributed by atoms with Gasteiger partial charge in [-0.15, -0.1) is 15.0 Å². The van der Waals surface area contributed by atoms with Crippen LogP contribution in [-0.4, -0.2) is 42.3 Å². The van der Waals surface area contributed by atoms with Crippen LogP contribution in [0.1, 0.15) is 70.9 Å². The van der Waals surface area contributed by atoms with Gasteiger partial charge in [0.05, 0.1) is 11.1 Å². The number of furan rings is 1. The van der Waals surface area contributed by atoms with Crippen molar-refractivity contribution in [2.75, 3.05) is 6.61 Å². The molecule has 0 atom stereocenters. The number of ether oxygens (including phenoxy) is 1. The molecule has 0 fully saturated rings. The van der Waals surface area contributed by atoms with Crippen LogP contribution in [-0.2, 0) is 29.4 Å². The quantitative estimate of drug-likeness (QED) is 0.0840. The van der Waals surface area contributed by atoms with Gasteiger partial charge in [-0.25, -0.2) is 9.78 Å². The third-order valence-electron chi connectivity index (χ3n) is 10.3. The molecule has 0 aliphatic rings. The van der Waals surface area contributed by atoms with Crippen LogP contribution in [0, 0.1) is 0 Å². The predicted octanol–water partition coefficient (Wildman–Crippen LogP) is 11.1. The van der Waals surface area contributed by atoms with Crippen LogP contribution in [0.25, 0.3) is 33.7 Å². The fourth-order valence-corrected chi connectivity index (χ4v) is 8.20. The lowest BCUT2D eigenvalue weighted by Gasteiger charge is -2.34. The Hall–Kier alpha value is -6.34. The Balaban J connectivity index is 1.22. The number of esters is 1. The van der Waals surface area contributed by atoms with Crippen LogP contribution in [0.5, 0.6) is 0 Å². The lowest BCUT2D eigenvalue weighted by Crippen LogP contribution is -2.39. The van der Waals surface area contributed by atoms with Gasteiger partial charge in [-0.1, -0.05) is 135 Å². The van der Waals surface area contributed by atoms with Crippen molar-refractivity contribution in [3.63, 3.8) is 0 Å². The summed E-state index contributed by atoms with van der Waals surface area (Å²) in [7, 11) is 0. The van der Waals surface area contributed by atoms with E-state index in [0.29, 0.717) is 50.1 Å². The predicted molar refractivity (Wildman–Crippen MR) is 222 cm³/mol. The van der Waals surface area contributed by atoms with Crippen molar-refractivity contribution in [2.45, 2.75) is 51.4 Å². The second-order valence-corrected chi connectivity index (χ2v) is 14.8. The minimum Gasteiger partial charge on any atom is -0.461 e. The first-order valence-electron chi connectivity index (χ1n) is 19.3. The summed E-state index contributed by atoms with van der Waals surface area (Å²) in [6, 6.07) is 43.2. The van der Waals surface area contributed by atoms with Crippen molar-refractivity contribution < 1.29 is 27.1 Å². The van der Waals surface area contributed by atoms with E-state index in [1.165, 1.54) is 4.57 Å². The highest BCUT2D eigenvalue weighted by Crippen LogP contribution is 2.43. The maximum atomic E-state index is 14.3. The summed E-state index contributed by atoms with van der Waals surface area (Å²) in [5.74, 6) is -0.0342. The number of imidazole rings is 1. The molecule has 0 amide bonds. The molecule has 0 saturated carbocycles. The van der Waals surface area contributed by atoms with Crippen molar-refractivity contribution in [2.24, 2.45) is 0 Å². The number of aryl methyl sites for hydroxylation is 1. The smallest absolute Gasteiger partial charge is 0.435 e. The maximum Gasteiger partial charge on any atom is 0.435 e. The average molecular weight is 860 g/mol. The first-order valence-corrected chi connectivity index (χ1v) is 20.1. The van der Waals surface area contributed by atoms with Gasteiger partial charge in [0.2, 0.25) is 5.82 Å².